The number of esters is 1. The number of fused-ring (bicyclic) bond motifs is 4. The molecule has 0 saturated heterocycles. The van der Waals surface area contributed by atoms with Gasteiger partial charge in [-0.1, -0.05) is 41.3 Å². The van der Waals surface area contributed by atoms with E-state index in [-0.39, 0.29) is 13.4 Å². The maximum Gasteiger partial charge on any atom is 0.330 e. The number of para-hydroxylation sites is 1. The number of ether oxygens (including phenoxy) is 3. The lowest BCUT2D eigenvalue weighted by Gasteiger charge is -2.02. The Balaban J connectivity index is 1.16. The van der Waals surface area contributed by atoms with E-state index in [9.17, 15) is 4.79 Å². The molecule has 0 atom stereocenters. The van der Waals surface area contributed by atoms with Crippen LogP contribution in [0.4, 0.5) is 0 Å². The van der Waals surface area contributed by atoms with Crippen molar-refractivity contribution in [1.82, 2.24) is 14.6 Å². The number of hydrogen-bond donors (Lipinski definition) is 0. The first kappa shape index (κ1) is 18.0. The Labute approximate surface area is 173 Å². The van der Waals surface area contributed by atoms with E-state index in [1.807, 2.05) is 40.8 Å². The first-order chi connectivity index (χ1) is 14.3. The summed E-state index contributed by atoms with van der Waals surface area (Å²) in [5, 5.41) is 9.26. The van der Waals surface area contributed by atoms with Crippen molar-refractivity contribution < 1.29 is 19.0 Å². The normalized spacial score (nSPS) is 13.0. The van der Waals surface area contributed by atoms with Gasteiger partial charge < -0.3 is 14.2 Å². The van der Waals surface area contributed by atoms with Crippen molar-refractivity contribution >= 4 is 50.3 Å². The smallest absolute Gasteiger partial charge is 0.330 e. The van der Waals surface area contributed by atoms with Crippen molar-refractivity contribution in [2.45, 2.75) is 5.16 Å². The molecule has 0 radical (unpaired) electrons. The van der Waals surface area contributed by atoms with Gasteiger partial charge in [-0.2, -0.15) is 0 Å². The SMILES string of the molecule is O=C(/C=C/c1ccc2c(c1)OCO2)OCCSc1nnc2sc3ccccc3n12. The maximum atomic E-state index is 12.0. The third-order valence-corrected chi connectivity index (χ3v) is 6.18. The molecule has 3 heterocycles. The molecule has 9 heteroatoms. The molecule has 0 saturated carbocycles. The highest BCUT2D eigenvalue weighted by Crippen LogP contribution is 2.33. The van der Waals surface area contributed by atoms with Gasteiger partial charge in [-0.05, 0) is 35.9 Å². The lowest BCUT2D eigenvalue weighted by Crippen LogP contribution is -2.04. The first-order valence-electron chi connectivity index (χ1n) is 8.88. The molecule has 0 amide bonds. The highest BCUT2D eigenvalue weighted by Gasteiger charge is 2.13. The number of aromatic nitrogens is 3. The van der Waals surface area contributed by atoms with Gasteiger partial charge in [-0.3, -0.25) is 4.40 Å². The summed E-state index contributed by atoms with van der Waals surface area (Å²) < 4.78 is 19.1. The van der Waals surface area contributed by atoms with E-state index in [1.165, 1.54) is 22.5 Å². The summed E-state index contributed by atoms with van der Waals surface area (Å²) in [7, 11) is 0. The summed E-state index contributed by atoms with van der Waals surface area (Å²) >= 11 is 3.11. The predicted octanol–water partition coefficient (Wildman–Crippen LogP) is 4.02. The van der Waals surface area contributed by atoms with Gasteiger partial charge in [0.1, 0.15) is 6.61 Å². The molecule has 1 aliphatic heterocycles. The second-order valence-electron chi connectivity index (χ2n) is 6.13. The van der Waals surface area contributed by atoms with Crippen molar-refractivity contribution in [2.24, 2.45) is 0 Å². The third kappa shape index (κ3) is 3.66. The minimum Gasteiger partial charge on any atom is -0.462 e. The summed E-state index contributed by atoms with van der Waals surface area (Å²) in [6, 6.07) is 13.6. The van der Waals surface area contributed by atoms with Crippen molar-refractivity contribution in [3.05, 3.63) is 54.1 Å². The Morgan fingerprint density at radius 1 is 1.21 bits per heavy atom. The molecule has 4 aromatic rings. The van der Waals surface area contributed by atoms with Gasteiger partial charge >= 0.3 is 5.97 Å². The summed E-state index contributed by atoms with van der Waals surface area (Å²) in [6.07, 6.45) is 3.10. The Kier molecular flexibility index (Phi) is 4.82. The summed E-state index contributed by atoms with van der Waals surface area (Å²) in [5.41, 5.74) is 1.93. The van der Waals surface area contributed by atoms with E-state index in [0.717, 1.165) is 21.2 Å². The topological polar surface area (TPSA) is 75.0 Å². The number of thioether (sulfide) groups is 1. The highest BCUT2D eigenvalue weighted by molar-refractivity contribution is 7.99. The lowest BCUT2D eigenvalue weighted by molar-refractivity contribution is -0.137. The molecule has 0 fully saturated rings. The van der Waals surface area contributed by atoms with Crippen LogP contribution in [0.15, 0.2) is 53.7 Å². The number of thiazole rings is 1. The molecule has 0 bridgehead atoms. The number of benzene rings is 2. The van der Waals surface area contributed by atoms with E-state index in [4.69, 9.17) is 14.2 Å². The van der Waals surface area contributed by atoms with Crippen LogP contribution in [0.5, 0.6) is 11.5 Å². The van der Waals surface area contributed by atoms with Crippen molar-refractivity contribution in [3.8, 4) is 11.5 Å². The largest absolute Gasteiger partial charge is 0.462 e. The van der Waals surface area contributed by atoms with Crippen LogP contribution in [0, 0.1) is 0 Å². The average Bonchev–Trinajstić information content (AvgIpc) is 3.44. The van der Waals surface area contributed by atoms with Crippen LogP contribution in [-0.4, -0.2) is 39.7 Å². The second-order valence-corrected chi connectivity index (χ2v) is 8.20. The Morgan fingerprint density at radius 2 is 2.10 bits per heavy atom. The summed E-state index contributed by atoms with van der Waals surface area (Å²) in [4.78, 5) is 12.8. The minimum atomic E-state index is -0.393. The molecule has 7 nitrogen and oxygen atoms in total. The zero-order valence-corrected chi connectivity index (χ0v) is 16.7. The van der Waals surface area contributed by atoms with E-state index < -0.39 is 5.97 Å². The summed E-state index contributed by atoms with van der Waals surface area (Å²) in [6.45, 7) is 0.508. The van der Waals surface area contributed by atoms with Crippen LogP contribution in [0.1, 0.15) is 5.56 Å². The van der Waals surface area contributed by atoms with Crippen molar-refractivity contribution in [1.29, 1.82) is 0 Å². The molecule has 146 valence electrons. The standard InChI is InChI=1S/C20H15N3O4S2/c24-18(8-6-13-5-7-15-16(11-13)27-12-26-15)25-9-10-28-19-21-22-20-23(19)14-3-1-2-4-17(14)29-20/h1-8,11H,9-10,12H2/b8-6+. The molecule has 0 N–H and O–H groups in total. The quantitative estimate of drug-likeness (QED) is 0.200. The van der Waals surface area contributed by atoms with Gasteiger partial charge in [0.2, 0.25) is 11.8 Å². The van der Waals surface area contributed by atoms with Crippen LogP contribution in [0.3, 0.4) is 0 Å². The van der Waals surface area contributed by atoms with Gasteiger partial charge in [0, 0.05) is 11.8 Å². The van der Waals surface area contributed by atoms with Crippen LogP contribution in [-0.2, 0) is 9.53 Å². The zero-order chi connectivity index (χ0) is 19.6. The Bertz CT molecular complexity index is 1230. The number of nitrogens with zero attached hydrogens (tertiary/aromatic N) is 3. The molecular formula is C20H15N3O4S2. The number of carbonyl (C=O) groups excluding carboxylic acids is 1. The van der Waals surface area contributed by atoms with Crippen LogP contribution >= 0.6 is 23.1 Å². The van der Waals surface area contributed by atoms with Crippen molar-refractivity contribution in [3.63, 3.8) is 0 Å². The number of rotatable bonds is 6. The van der Waals surface area contributed by atoms with Crippen molar-refractivity contribution in [2.75, 3.05) is 19.2 Å². The Morgan fingerprint density at radius 3 is 3.07 bits per heavy atom. The Hall–Kier alpha value is -3.04. The van der Waals surface area contributed by atoms with E-state index in [0.29, 0.717) is 17.3 Å². The minimum absolute atomic E-state index is 0.224. The van der Waals surface area contributed by atoms with Crippen LogP contribution < -0.4 is 9.47 Å². The molecule has 2 aromatic heterocycles. The number of carbonyl (C=O) groups is 1. The van der Waals surface area contributed by atoms with E-state index in [1.54, 1.807) is 17.4 Å². The average molecular weight is 425 g/mol. The molecular weight excluding hydrogens is 410 g/mol. The molecule has 2 aromatic carbocycles. The maximum absolute atomic E-state index is 12.0. The lowest BCUT2D eigenvalue weighted by atomic mass is 10.2. The molecule has 5 rings (SSSR count). The predicted molar refractivity (Wildman–Crippen MR) is 112 cm³/mol. The van der Waals surface area contributed by atoms with Gasteiger partial charge in [0.15, 0.2) is 16.7 Å². The molecule has 0 unspecified atom stereocenters. The fourth-order valence-electron chi connectivity index (χ4n) is 2.95. The fourth-order valence-corrected chi connectivity index (χ4v) is 4.74. The third-order valence-electron chi connectivity index (χ3n) is 4.28. The molecule has 29 heavy (non-hydrogen) atoms. The zero-order valence-electron chi connectivity index (χ0n) is 15.1. The molecule has 0 spiro atoms. The van der Waals surface area contributed by atoms with Crippen LogP contribution in [0.2, 0.25) is 0 Å². The summed E-state index contributed by atoms with van der Waals surface area (Å²) in [5.74, 6) is 1.59. The molecule has 1 aliphatic rings. The van der Waals surface area contributed by atoms with Gasteiger partial charge in [0.05, 0.1) is 10.2 Å². The molecule has 0 aliphatic carbocycles. The fraction of sp³-hybridized carbons (Fsp3) is 0.150. The van der Waals surface area contributed by atoms with Gasteiger partial charge in [-0.15, -0.1) is 10.2 Å². The van der Waals surface area contributed by atoms with E-state index >= 15 is 0 Å². The first-order valence-corrected chi connectivity index (χ1v) is 10.7. The second kappa shape index (κ2) is 7.76. The highest BCUT2D eigenvalue weighted by atomic mass is 32.2. The van der Waals surface area contributed by atoms with Gasteiger partial charge in [-0.25, -0.2) is 4.79 Å². The van der Waals surface area contributed by atoms with Gasteiger partial charge in [0.25, 0.3) is 0 Å². The number of hydrogen-bond acceptors (Lipinski definition) is 8. The monoisotopic (exact) mass is 425 g/mol. The van der Waals surface area contributed by atoms with Crippen LogP contribution in [0.25, 0.3) is 21.3 Å². The van der Waals surface area contributed by atoms with E-state index in [2.05, 4.69) is 16.3 Å².